The van der Waals surface area contributed by atoms with Crippen LogP contribution >= 0.6 is 22.9 Å². The van der Waals surface area contributed by atoms with E-state index in [9.17, 15) is 8.42 Å². The largest absolute Gasteiger partial charge is 0.380 e. The van der Waals surface area contributed by atoms with E-state index < -0.39 is 9.84 Å². The standard InChI is InChI=1S/C21H30ClN3O4S2/c1-15-10-21(19-17(4-8-29-21)18(14-28-2)20(22)30-19)5-6-24(15)12-16-11-23-25(13-16)7-9-31(3,26)27/h11,13,15H,4-10,12,14H2,1-3H3/t15-,21+/m0/s1. The van der Waals surface area contributed by atoms with Crippen molar-refractivity contribution in [1.82, 2.24) is 14.7 Å². The van der Waals surface area contributed by atoms with E-state index in [1.54, 1.807) is 23.1 Å². The summed E-state index contributed by atoms with van der Waals surface area (Å²) in [6.45, 7) is 5.62. The summed E-state index contributed by atoms with van der Waals surface area (Å²) >= 11 is 8.23. The number of fused-ring (bicyclic) bond motifs is 2. The van der Waals surface area contributed by atoms with E-state index in [1.165, 1.54) is 16.7 Å². The van der Waals surface area contributed by atoms with Crippen LogP contribution in [0.3, 0.4) is 0 Å². The average Bonchev–Trinajstić information content (AvgIpc) is 3.28. The second-order valence-corrected chi connectivity index (χ2v) is 12.6. The third-order valence-electron chi connectivity index (χ3n) is 6.32. The Morgan fingerprint density at radius 3 is 2.97 bits per heavy atom. The second-order valence-electron chi connectivity index (χ2n) is 8.70. The number of halogens is 1. The zero-order valence-electron chi connectivity index (χ0n) is 18.3. The topological polar surface area (TPSA) is 73.7 Å². The highest BCUT2D eigenvalue weighted by Crippen LogP contribution is 2.50. The highest BCUT2D eigenvalue weighted by atomic mass is 35.5. The van der Waals surface area contributed by atoms with Gasteiger partial charge in [0.15, 0.2) is 0 Å². The van der Waals surface area contributed by atoms with Gasteiger partial charge in [0.05, 0.1) is 36.0 Å². The molecule has 2 aromatic rings. The van der Waals surface area contributed by atoms with Crippen LogP contribution in [-0.2, 0) is 51.0 Å². The monoisotopic (exact) mass is 487 g/mol. The smallest absolute Gasteiger partial charge is 0.149 e. The van der Waals surface area contributed by atoms with Crippen LogP contribution in [0.1, 0.15) is 41.3 Å². The lowest BCUT2D eigenvalue weighted by Crippen LogP contribution is -2.50. The van der Waals surface area contributed by atoms with Crippen LogP contribution in [0.15, 0.2) is 12.4 Å². The van der Waals surface area contributed by atoms with Gasteiger partial charge in [-0.15, -0.1) is 11.3 Å². The molecule has 2 aliphatic rings. The molecule has 2 aromatic heterocycles. The van der Waals surface area contributed by atoms with Gasteiger partial charge in [0.1, 0.15) is 15.4 Å². The molecular formula is C21H30ClN3O4S2. The SMILES string of the molecule is COCc1c(Cl)sc2c1CCO[C@@]21CCN(Cc2cnn(CCS(C)(=O)=O)c2)[C@@H](C)C1. The van der Waals surface area contributed by atoms with Gasteiger partial charge in [-0.1, -0.05) is 11.6 Å². The minimum Gasteiger partial charge on any atom is -0.380 e. The van der Waals surface area contributed by atoms with Crippen LogP contribution in [-0.4, -0.2) is 61.4 Å². The molecule has 1 spiro atoms. The molecule has 0 saturated carbocycles. The molecule has 0 radical (unpaired) electrons. The number of likely N-dealkylation sites (tertiary alicyclic amines) is 1. The first-order valence-corrected chi connectivity index (χ1v) is 13.8. The van der Waals surface area contributed by atoms with Crippen molar-refractivity contribution in [1.29, 1.82) is 0 Å². The summed E-state index contributed by atoms with van der Waals surface area (Å²) in [5.74, 6) is 0.102. The lowest BCUT2D eigenvalue weighted by molar-refractivity contribution is -0.110. The Balaban J connectivity index is 1.44. The summed E-state index contributed by atoms with van der Waals surface area (Å²) < 4.78 is 37.1. The van der Waals surface area contributed by atoms with E-state index >= 15 is 0 Å². The van der Waals surface area contributed by atoms with Gasteiger partial charge in [-0.2, -0.15) is 5.10 Å². The van der Waals surface area contributed by atoms with Crippen LogP contribution in [0.25, 0.3) is 0 Å². The lowest BCUT2D eigenvalue weighted by atomic mass is 9.81. The fourth-order valence-corrected chi connectivity index (χ4v) is 6.91. The van der Waals surface area contributed by atoms with Gasteiger partial charge in [-0.3, -0.25) is 9.58 Å². The molecule has 1 fully saturated rings. The average molecular weight is 488 g/mol. The summed E-state index contributed by atoms with van der Waals surface area (Å²) in [6.07, 6.45) is 7.78. The molecule has 0 aromatic carbocycles. The molecule has 10 heteroatoms. The predicted molar refractivity (Wildman–Crippen MR) is 122 cm³/mol. The molecular weight excluding hydrogens is 458 g/mol. The molecule has 31 heavy (non-hydrogen) atoms. The van der Waals surface area contributed by atoms with Gasteiger partial charge < -0.3 is 9.47 Å². The van der Waals surface area contributed by atoms with Crippen LogP contribution in [0, 0.1) is 0 Å². The third kappa shape index (κ3) is 5.02. The number of rotatable bonds is 7. The first-order valence-electron chi connectivity index (χ1n) is 10.6. The number of thiophene rings is 1. The van der Waals surface area contributed by atoms with Crippen molar-refractivity contribution >= 4 is 32.8 Å². The third-order valence-corrected chi connectivity index (χ3v) is 8.95. The molecule has 7 nitrogen and oxygen atoms in total. The van der Waals surface area contributed by atoms with Gasteiger partial charge >= 0.3 is 0 Å². The number of aryl methyl sites for hydroxylation is 1. The van der Waals surface area contributed by atoms with Crippen LogP contribution in [0.5, 0.6) is 0 Å². The molecule has 1 saturated heterocycles. The van der Waals surface area contributed by atoms with Crippen molar-refractivity contribution in [2.45, 2.75) is 57.5 Å². The van der Waals surface area contributed by atoms with E-state index in [-0.39, 0.29) is 11.4 Å². The van der Waals surface area contributed by atoms with E-state index in [4.69, 9.17) is 21.1 Å². The quantitative estimate of drug-likeness (QED) is 0.597. The minimum atomic E-state index is -3.00. The highest BCUT2D eigenvalue weighted by Gasteiger charge is 2.45. The van der Waals surface area contributed by atoms with Gasteiger partial charge in [-0.25, -0.2) is 8.42 Å². The summed E-state index contributed by atoms with van der Waals surface area (Å²) in [6, 6.07) is 0.339. The Hall–Kier alpha value is -0.970. The van der Waals surface area contributed by atoms with E-state index in [1.807, 2.05) is 12.4 Å². The number of aromatic nitrogens is 2. The van der Waals surface area contributed by atoms with Gasteiger partial charge in [-0.05, 0) is 31.7 Å². The molecule has 4 rings (SSSR count). The van der Waals surface area contributed by atoms with Crippen molar-refractivity contribution in [3.8, 4) is 0 Å². The minimum absolute atomic E-state index is 0.102. The molecule has 172 valence electrons. The van der Waals surface area contributed by atoms with Crippen molar-refractivity contribution < 1.29 is 17.9 Å². The lowest BCUT2D eigenvalue weighted by Gasteiger charge is -2.47. The van der Waals surface area contributed by atoms with Gasteiger partial charge in [0, 0.05) is 54.7 Å². The number of methoxy groups -OCH3 is 1. The predicted octanol–water partition coefficient (Wildman–Crippen LogP) is 3.24. The highest BCUT2D eigenvalue weighted by molar-refractivity contribution is 7.90. The number of ether oxygens (including phenoxy) is 2. The van der Waals surface area contributed by atoms with Gasteiger partial charge in [0.2, 0.25) is 0 Å². The molecule has 0 unspecified atom stereocenters. The maximum atomic E-state index is 11.4. The summed E-state index contributed by atoms with van der Waals surface area (Å²) in [4.78, 5) is 3.74. The van der Waals surface area contributed by atoms with E-state index in [0.717, 1.165) is 54.4 Å². The first kappa shape index (κ1) is 23.2. The molecule has 0 aliphatic carbocycles. The van der Waals surface area contributed by atoms with Crippen LogP contribution < -0.4 is 0 Å². The van der Waals surface area contributed by atoms with Crippen LogP contribution in [0.2, 0.25) is 4.34 Å². The maximum absolute atomic E-state index is 11.4. The summed E-state index contributed by atoms with van der Waals surface area (Å²) in [7, 11) is -1.29. The fraction of sp³-hybridized carbons (Fsp3) is 0.667. The van der Waals surface area contributed by atoms with Gasteiger partial charge in [0.25, 0.3) is 0 Å². The number of piperidine rings is 1. The van der Waals surface area contributed by atoms with Crippen molar-refractivity contribution in [3.05, 3.63) is 38.3 Å². The first-order chi connectivity index (χ1) is 14.7. The number of hydrogen-bond donors (Lipinski definition) is 0. The number of nitrogens with zero attached hydrogens (tertiary/aromatic N) is 3. The van der Waals surface area contributed by atoms with Crippen molar-refractivity contribution in [2.24, 2.45) is 0 Å². The Morgan fingerprint density at radius 1 is 1.45 bits per heavy atom. The Kier molecular flexibility index (Phi) is 6.82. The molecule has 4 heterocycles. The maximum Gasteiger partial charge on any atom is 0.149 e. The van der Waals surface area contributed by atoms with E-state index in [0.29, 0.717) is 19.2 Å². The summed E-state index contributed by atoms with van der Waals surface area (Å²) in [5.41, 5.74) is 3.30. The molecule has 2 aliphatic heterocycles. The second kappa shape index (κ2) is 9.11. The fourth-order valence-electron chi connectivity index (χ4n) is 4.73. The molecule has 0 N–H and O–H groups in total. The Labute approximate surface area is 193 Å². The number of hydrogen-bond acceptors (Lipinski definition) is 7. The molecule has 0 bridgehead atoms. The van der Waals surface area contributed by atoms with Crippen molar-refractivity contribution in [3.63, 3.8) is 0 Å². The molecule has 0 amide bonds. The summed E-state index contributed by atoms with van der Waals surface area (Å²) in [5, 5.41) is 4.33. The Bertz CT molecular complexity index is 1040. The van der Waals surface area contributed by atoms with E-state index in [2.05, 4.69) is 16.9 Å². The zero-order chi connectivity index (χ0) is 22.2. The zero-order valence-corrected chi connectivity index (χ0v) is 20.7. The van der Waals surface area contributed by atoms with Crippen LogP contribution in [0.4, 0.5) is 0 Å². The molecule has 2 atom stereocenters. The normalized spacial score (nSPS) is 24.6. The number of sulfone groups is 1. The Morgan fingerprint density at radius 2 is 2.26 bits per heavy atom. The van der Waals surface area contributed by atoms with Crippen molar-refractivity contribution in [2.75, 3.05) is 32.3 Å².